The lowest BCUT2D eigenvalue weighted by atomic mass is 10.1. The maximum absolute atomic E-state index is 12.7. The number of thiophene rings is 1. The lowest BCUT2D eigenvalue weighted by Gasteiger charge is -2.09. The van der Waals surface area contributed by atoms with E-state index in [1.165, 1.54) is 11.3 Å². The molecule has 3 rings (SSSR count). The number of amides is 2. The normalized spacial score (nSPS) is 10.9. The first-order chi connectivity index (χ1) is 13.4. The highest BCUT2D eigenvalue weighted by Crippen LogP contribution is 2.37. The number of carbonyl (C=O) groups is 2. The predicted octanol–water partition coefficient (Wildman–Crippen LogP) is 5.80. The van der Waals surface area contributed by atoms with Crippen LogP contribution in [-0.2, 0) is 4.79 Å². The summed E-state index contributed by atoms with van der Waals surface area (Å²) in [4.78, 5) is 24.9. The molecule has 28 heavy (non-hydrogen) atoms. The zero-order chi connectivity index (χ0) is 20.3. The second-order valence-electron chi connectivity index (χ2n) is 6.78. The number of benzene rings is 2. The Morgan fingerprint density at radius 3 is 2.32 bits per heavy atom. The van der Waals surface area contributed by atoms with Crippen LogP contribution in [0.3, 0.4) is 0 Å². The molecule has 3 aromatic rings. The third kappa shape index (κ3) is 4.64. The molecule has 0 aliphatic heterocycles. The van der Waals surface area contributed by atoms with Crippen LogP contribution < -0.4 is 15.4 Å². The van der Waals surface area contributed by atoms with Crippen LogP contribution in [0.4, 0.5) is 11.4 Å². The molecule has 1 heterocycles. The van der Waals surface area contributed by atoms with Crippen molar-refractivity contribution >= 4 is 56.2 Å². The van der Waals surface area contributed by atoms with Gasteiger partial charge in [0.1, 0.15) is 10.6 Å². The number of carbonyl (C=O) groups excluding carboxylic acids is 2. The molecule has 5 nitrogen and oxygen atoms in total. The van der Waals surface area contributed by atoms with Crippen LogP contribution in [0, 0.1) is 5.92 Å². The van der Waals surface area contributed by atoms with Crippen molar-refractivity contribution in [3.8, 4) is 5.75 Å². The average Bonchev–Trinajstić information content (AvgIpc) is 2.98. The van der Waals surface area contributed by atoms with Gasteiger partial charge in [0.05, 0.1) is 12.1 Å². The average molecular weight is 417 g/mol. The van der Waals surface area contributed by atoms with Crippen LogP contribution in [0.5, 0.6) is 5.75 Å². The summed E-state index contributed by atoms with van der Waals surface area (Å²) in [6, 6.07) is 12.5. The highest BCUT2D eigenvalue weighted by Gasteiger charge is 2.18. The first-order valence-corrected chi connectivity index (χ1v) is 10.0. The molecule has 7 heteroatoms. The van der Waals surface area contributed by atoms with Crippen molar-refractivity contribution in [3.63, 3.8) is 0 Å². The van der Waals surface area contributed by atoms with E-state index in [0.717, 1.165) is 10.1 Å². The maximum atomic E-state index is 12.7. The number of rotatable bonds is 6. The van der Waals surface area contributed by atoms with Crippen LogP contribution in [-0.4, -0.2) is 18.9 Å². The molecular formula is C21H21ClN2O3S. The number of hydrogen-bond donors (Lipinski definition) is 2. The summed E-state index contributed by atoms with van der Waals surface area (Å²) in [5.74, 6) is 0.707. The topological polar surface area (TPSA) is 67.4 Å². The lowest BCUT2D eigenvalue weighted by Crippen LogP contribution is -2.14. The number of halogens is 1. The minimum Gasteiger partial charge on any atom is -0.497 e. The molecule has 146 valence electrons. The Hall–Kier alpha value is -2.57. The van der Waals surface area contributed by atoms with Gasteiger partial charge >= 0.3 is 0 Å². The summed E-state index contributed by atoms with van der Waals surface area (Å²) in [7, 11) is 1.60. The minimum absolute atomic E-state index is 0.0285. The van der Waals surface area contributed by atoms with Gasteiger partial charge in [-0.2, -0.15) is 0 Å². The Labute approximate surface area is 172 Å². The van der Waals surface area contributed by atoms with Crippen molar-refractivity contribution < 1.29 is 14.3 Å². The van der Waals surface area contributed by atoms with E-state index < -0.39 is 0 Å². The minimum atomic E-state index is -0.276. The fraction of sp³-hybridized carbons (Fsp3) is 0.238. The van der Waals surface area contributed by atoms with Crippen LogP contribution >= 0.6 is 22.9 Å². The predicted molar refractivity (Wildman–Crippen MR) is 116 cm³/mol. The van der Waals surface area contributed by atoms with Gasteiger partial charge in [-0.05, 0) is 48.4 Å². The summed E-state index contributed by atoms with van der Waals surface area (Å²) in [5, 5.41) is 6.93. The number of hydrogen-bond acceptors (Lipinski definition) is 4. The Kier molecular flexibility index (Phi) is 6.21. The van der Waals surface area contributed by atoms with Crippen molar-refractivity contribution in [3.05, 3.63) is 52.4 Å². The summed E-state index contributed by atoms with van der Waals surface area (Å²) < 4.78 is 6.11. The van der Waals surface area contributed by atoms with E-state index in [1.807, 2.05) is 32.0 Å². The van der Waals surface area contributed by atoms with Crippen molar-refractivity contribution in [1.29, 1.82) is 0 Å². The van der Waals surface area contributed by atoms with E-state index >= 15 is 0 Å². The van der Waals surface area contributed by atoms with Gasteiger partial charge in [-0.1, -0.05) is 25.4 Å². The highest BCUT2D eigenvalue weighted by atomic mass is 35.5. The third-order valence-electron chi connectivity index (χ3n) is 4.06. The molecule has 0 saturated heterocycles. The standard InChI is InChI=1S/C21H21ClN2O3S/c1-12(2)10-18(25)23-13-4-6-14(7-5-13)24-21(26)20-19(22)16-9-8-15(27-3)11-17(16)28-20/h4-9,11-12H,10H2,1-3H3,(H,23,25)(H,24,26). The van der Waals surface area contributed by atoms with Crippen LogP contribution in [0.15, 0.2) is 42.5 Å². The lowest BCUT2D eigenvalue weighted by molar-refractivity contribution is -0.116. The second-order valence-corrected chi connectivity index (χ2v) is 8.22. The Bertz CT molecular complexity index is 1010. The molecule has 1 aromatic heterocycles. The van der Waals surface area contributed by atoms with Gasteiger partial charge in [0.15, 0.2) is 0 Å². The van der Waals surface area contributed by atoms with Crippen molar-refractivity contribution in [2.75, 3.05) is 17.7 Å². The Morgan fingerprint density at radius 1 is 1.07 bits per heavy atom. The summed E-state index contributed by atoms with van der Waals surface area (Å²) in [6.07, 6.45) is 0.466. The zero-order valence-corrected chi connectivity index (χ0v) is 17.4. The molecule has 0 spiro atoms. The SMILES string of the molecule is COc1ccc2c(Cl)c(C(=O)Nc3ccc(NC(=O)CC(C)C)cc3)sc2c1. The maximum Gasteiger partial charge on any atom is 0.267 e. The summed E-state index contributed by atoms with van der Waals surface area (Å²) >= 11 is 7.72. The van der Waals surface area contributed by atoms with Gasteiger partial charge < -0.3 is 15.4 Å². The third-order valence-corrected chi connectivity index (χ3v) is 5.72. The van der Waals surface area contributed by atoms with Gasteiger partial charge in [0, 0.05) is 27.9 Å². The van der Waals surface area contributed by atoms with Gasteiger partial charge in [-0.25, -0.2) is 0 Å². The molecule has 0 fully saturated rings. The fourth-order valence-electron chi connectivity index (χ4n) is 2.73. The molecule has 0 atom stereocenters. The summed E-state index contributed by atoms with van der Waals surface area (Å²) in [6.45, 7) is 3.99. The molecular weight excluding hydrogens is 396 g/mol. The van der Waals surface area contributed by atoms with Gasteiger partial charge in [-0.3, -0.25) is 9.59 Å². The molecule has 0 aliphatic rings. The first-order valence-electron chi connectivity index (χ1n) is 8.84. The Balaban J connectivity index is 1.72. The van der Waals surface area contributed by atoms with Gasteiger partial charge in [0.25, 0.3) is 5.91 Å². The van der Waals surface area contributed by atoms with Crippen LogP contribution in [0.25, 0.3) is 10.1 Å². The van der Waals surface area contributed by atoms with E-state index in [-0.39, 0.29) is 11.8 Å². The molecule has 0 bridgehead atoms. The molecule has 0 aliphatic carbocycles. The van der Waals surface area contributed by atoms with E-state index in [4.69, 9.17) is 16.3 Å². The monoisotopic (exact) mass is 416 g/mol. The summed E-state index contributed by atoms with van der Waals surface area (Å²) in [5.41, 5.74) is 1.31. The number of anilines is 2. The zero-order valence-electron chi connectivity index (χ0n) is 15.8. The Morgan fingerprint density at radius 2 is 1.71 bits per heavy atom. The van der Waals surface area contributed by atoms with Gasteiger partial charge in [-0.15, -0.1) is 11.3 Å². The van der Waals surface area contributed by atoms with Crippen LogP contribution in [0.2, 0.25) is 5.02 Å². The van der Waals surface area contributed by atoms with Crippen LogP contribution in [0.1, 0.15) is 29.9 Å². The molecule has 0 radical (unpaired) electrons. The molecule has 2 amide bonds. The largest absolute Gasteiger partial charge is 0.497 e. The van der Waals surface area contributed by atoms with Gasteiger partial charge in [0.2, 0.25) is 5.91 Å². The number of ether oxygens (including phenoxy) is 1. The number of methoxy groups -OCH3 is 1. The van der Waals surface area contributed by atoms with E-state index in [2.05, 4.69) is 10.6 Å². The van der Waals surface area contributed by atoms with E-state index in [1.54, 1.807) is 31.4 Å². The van der Waals surface area contributed by atoms with E-state index in [0.29, 0.717) is 39.4 Å². The number of fused-ring (bicyclic) bond motifs is 1. The molecule has 2 N–H and O–H groups in total. The number of nitrogens with one attached hydrogen (secondary N) is 2. The fourth-order valence-corrected chi connectivity index (χ4v) is 4.17. The van der Waals surface area contributed by atoms with E-state index in [9.17, 15) is 9.59 Å². The smallest absolute Gasteiger partial charge is 0.267 e. The second kappa shape index (κ2) is 8.63. The highest BCUT2D eigenvalue weighted by molar-refractivity contribution is 7.21. The quantitative estimate of drug-likeness (QED) is 0.533. The van der Waals surface area contributed by atoms with Crippen molar-refractivity contribution in [2.24, 2.45) is 5.92 Å². The molecule has 0 saturated carbocycles. The van der Waals surface area contributed by atoms with Crippen molar-refractivity contribution in [1.82, 2.24) is 0 Å². The molecule has 0 unspecified atom stereocenters. The first kappa shape index (κ1) is 20.2. The molecule has 2 aromatic carbocycles. The van der Waals surface area contributed by atoms with Crippen molar-refractivity contribution in [2.45, 2.75) is 20.3 Å².